The Morgan fingerprint density at radius 2 is 2.05 bits per heavy atom. The number of hydrogen-bond acceptors (Lipinski definition) is 5. The Hall–Kier alpha value is -2.17. The molecule has 2 rings (SSSR count). The Kier molecular flexibility index (Phi) is 4.28. The zero-order valence-electron chi connectivity index (χ0n) is 11.0. The summed E-state index contributed by atoms with van der Waals surface area (Å²) in [5, 5.41) is 3.90. The fraction of sp³-hybridized carbons (Fsp3) is 0.357. The van der Waals surface area contributed by atoms with Crippen LogP contribution in [-0.2, 0) is 17.6 Å². The minimum absolute atomic E-state index is 0.120. The second-order valence-electron chi connectivity index (χ2n) is 4.33. The van der Waals surface area contributed by atoms with Crippen molar-refractivity contribution in [1.29, 1.82) is 0 Å². The number of aryl methyl sites for hydroxylation is 1. The number of benzene rings is 1. The largest absolute Gasteiger partial charge is 0.497 e. The number of nitrogens with zero attached hydrogens (tertiary/aromatic N) is 2. The van der Waals surface area contributed by atoms with E-state index < -0.39 is 0 Å². The average Bonchev–Trinajstić information content (AvgIpc) is 2.85. The number of Topliss-reactive ketones (excluding diaryl/α,β-unsaturated/α-hetero) is 1. The number of ketones is 1. The van der Waals surface area contributed by atoms with Crippen molar-refractivity contribution in [3.05, 3.63) is 41.5 Å². The van der Waals surface area contributed by atoms with E-state index in [2.05, 4.69) is 10.1 Å². The lowest BCUT2D eigenvalue weighted by atomic mass is 10.1. The molecule has 0 unspecified atom stereocenters. The zero-order valence-corrected chi connectivity index (χ0v) is 11.0. The van der Waals surface area contributed by atoms with E-state index in [9.17, 15) is 4.79 Å². The van der Waals surface area contributed by atoms with E-state index >= 15 is 0 Å². The highest BCUT2D eigenvalue weighted by atomic mass is 16.5. The van der Waals surface area contributed by atoms with Gasteiger partial charge in [0.2, 0.25) is 5.89 Å². The molecule has 0 amide bonds. The summed E-state index contributed by atoms with van der Waals surface area (Å²) >= 11 is 0. The van der Waals surface area contributed by atoms with Crippen molar-refractivity contribution in [2.45, 2.75) is 26.2 Å². The van der Waals surface area contributed by atoms with E-state index in [1.165, 1.54) is 0 Å². The second-order valence-corrected chi connectivity index (χ2v) is 4.33. The summed E-state index contributed by atoms with van der Waals surface area (Å²) in [5.41, 5.74) is 1.08. The number of carbonyl (C=O) groups is 1. The first kappa shape index (κ1) is 13.3. The van der Waals surface area contributed by atoms with Gasteiger partial charge in [0.05, 0.1) is 7.11 Å². The molecule has 100 valence electrons. The summed E-state index contributed by atoms with van der Waals surface area (Å²) in [6.07, 6.45) is 1.54. The lowest BCUT2D eigenvalue weighted by Crippen LogP contribution is -1.95. The number of rotatable bonds is 6. The SMILES string of the molecule is COc1ccc(Cc2noc(CCC(C)=O)n2)cc1. The van der Waals surface area contributed by atoms with Crippen LogP contribution in [-0.4, -0.2) is 23.0 Å². The summed E-state index contributed by atoms with van der Waals surface area (Å²) < 4.78 is 10.2. The van der Waals surface area contributed by atoms with Crippen LogP contribution in [0.2, 0.25) is 0 Å². The Bertz CT molecular complexity index is 546. The Morgan fingerprint density at radius 1 is 1.32 bits per heavy atom. The number of carbonyl (C=O) groups excluding carboxylic acids is 1. The van der Waals surface area contributed by atoms with Gasteiger partial charge in [-0.25, -0.2) is 0 Å². The number of aromatic nitrogens is 2. The molecule has 0 aliphatic heterocycles. The van der Waals surface area contributed by atoms with Gasteiger partial charge in [-0.05, 0) is 24.6 Å². The monoisotopic (exact) mass is 260 g/mol. The van der Waals surface area contributed by atoms with Crippen LogP contribution in [0, 0.1) is 0 Å². The molecule has 0 aliphatic carbocycles. The summed E-state index contributed by atoms with van der Waals surface area (Å²) in [6.45, 7) is 1.55. The van der Waals surface area contributed by atoms with Crippen molar-refractivity contribution in [3.8, 4) is 5.75 Å². The van der Waals surface area contributed by atoms with Crippen molar-refractivity contribution < 1.29 is 14.1 Å². The summed E-state index contributed by atoms with van der Waals surface area (Å²) in [7, 11) is 1.63. The van der Waals surface area contributed by atoms with Gasteiger partial charge in [-0.2, -0.15) is 4.98 Å². The van der Waals surface area contributed by atoms with Crippen LogP contribution >= 0.6 is 0 Å². The van der Waals surface area contributed by atoms with Gasteiger partial charge in [-0.1, -0.05) is 17.3 Å². The molecule has 1 aromatic carbocycles. The molecule has 0 N–H and O–H groups in total. The minimum Gasteiger partial charge on any atom is -0.497 e. The molecule has 5 heteroatoms. The zero-order chi connectivity index (χ0) is 13.7. The first-order chi connectivity index (χ1) is 9.17. The molecule has 0 saturated carbocycles. The highest BCUT2D eigenvalue weighted by Crippen LogP contribution is 2.14. The van der Waals surface area contributed by atoms with Gasteiger partial charge in [-0.3, -0.25) is 0 Å². The van der Waals surface area contributed by atoms with E-state index in [1.54, 1.807) is 14.0 Å². The molecule has 0 fully saturated rings. The summed E-state index contributed by atoms with van der Waals surface area (Å²) in [6, 6.07) is 7.72. The Labute approximate surface area is 111 Å². The van der Waals surface area contributed by atoms with Crippen LogP contribution in [0.15, 0.2) is 28.8 Å². The lowest BCUT2D eigenvalue weighted by molar-refractivity contribution is -0.117. The van der Waals surface area contributed by atoms with Crippen LogP contribution in [0.1, 0.15) is 30.6 Å². The molecule has 0 spiro atoms. The second kappa shape index (κ2) is 6.13. The average molecular weight is 260 g/mol. The maximum Gasteiger partial charge on any atom is 0.227 e. The Balaban J connectivity index is 1.96. The first-order valence-corrected chi connectivity index (χ1v) is 6.11. The number of hydrogen-bond donors (Lipinski definition) is 0. The molecular formula is C14H16N2O3. The van der Waals surface area contributed by atoms with E-state index in [0.717, 1.165) is 11.3 Å². The van der Waals surface area contributed by atoms with Crippen LogP contribution < -0.4 is 4.74 Å². The third kappa shape index (κ3) is 3.91. The minimum atomic E-state index is 0.120. The molecule has 0 aliphatic rings. The first-order valence-electron chi connectivity index (χ1n) is 6.11. The predicted octanol–water partition coefficient (Wildman–Crippen LogP) is 2.19. The predicted molar refractivity (Wildman–Crippen MR) is 69.1 cm³/mol. The van der Waals surface area contributed by atoms with Crippen molar-refractivity contribution in [3.63, 3.8) is 0 Å². The molecule has 0 atom stereocenters. The molecule has 1 heterocycles. The van der Waals surface area contributed by atoms with Gasteiger partial charge < -0.3 is 14.1 Å². The van der Waals surface area contributed by atoms with E-state index in [4.69, 9.17) is 9.26 Å². The van der Waals surface area contributed by atoms with E-state index in [1.807, 2.05) is 24.3 Å². The molecule has 0 bridgehead atoms. The van der Waals surface area contributed by atoms with Gasteiger partial charge in [-0.15, -0.1) is 0 Å². The van der Waals surface area contributed by atoms with Crippen LogP contribution in [0.4, 0.5) is 0 Å². The highest BCUT2D eigenvalue weighted by Gasteiger charge is 2.08. The van der Waals surface area contributed by atoms with Crippen molar-refractivity contribution in [2.75, 3.05) is 7.11 Å². The van der Waals surface area contributed by atoms with Crippen LogP contribution in [0.3, 0.4) is 0 Å². The highest BCUT2D eigenvalue weighted by molar-refractivity contribution is 5.75. The van der Waals surface area contributed by atoms with Crippen LogP contribution in [0.5, 0.6) is 5.75 Å². The van der Waals surface area contributed by atoms with E-state index in [0.29, 0.717) is 31.0 Å². The standard InChI is InChI=1S/C14H16N2O3/c1-10(17)3-8-14-15-13(16-19-14)9-11-4-6-12(18-2)7-5-11/h4-7H,3,8-9H2,1-2H3. The summed E-state index contributed by atoms with van der Waals surface area (Å²) in [5.74, 6) is 2.08. The number of methoxy groups -OCH3 is 1. The quantitative estimate of drug-likeness (QED) is 0.796. The molecule has 2 aromatic rings. The topological polar surface area (TPSA) is 65.2 Å². The third-order valence-corrected chi connectivity index (χ3v) is 2.72. The van der Waals surface area contributed by atoms with Crippen molar-refractivity contribution in [2.24, 2.45) is 0 Å². The van der Waals surface area contributed by atoms with Gasteiger partial charge in [0, 0.05) is 19.3 Å². The van der Waals surface area contributed by atoms with Crippen molar-refractivity contribution in [1.82, 2.24) is 10.1 Å². The molecule has 5 nitrogen and oxygen atoms in total. The normalized spacial score (nSPS) is 10.4. The maximum absolute atomic E-state index is 10.9. The van der Waals surface area contributed by atoms with Crippen LogP contribution in [0.25, 0.3) is 0 Å². The van der Waals surface area contributed by atoms with E-state index in [-0.39, 0.29) is 5.78 Å². The molecule has 0 radical (unpaired) electrons. The lowest BCUT2D eigenvalue weighted by Gasteiger charge is -2.00. The molecule has 1 aromatic heterocycles. The molecule has 0 saturated heterocycles. The van der Waals surface area contributed by atoms with Gasteiger partial charge in [0.15, 0.2) is 5.82 Å². The Morgan fingerprint density at radius 3 is 2.68 bits per heavy atom. The van der Waals surface area contributed by atoms with Gasteiger partial charge >= 0.3 is 0 Å². The van der Waals surface area contributed by atoms with Gasteiger partial charge in [0.25, 0.3) is 0 Å². The number of ether oxygens (including phenoxy) is 1. The molecular weight excluding hydrogens is 244 g/mol. The summed E-state index contributed by atoms with van der Waals surface area (Å²) in [4.78, 5) is 15.1. The fourth-order valence-corrected chi connectivity index (χ4v) is 1.67. The third-order valence-electron chi connectivity index (χ3n) is 2.72. The smallest absolute Gasteiger partial charge is 0.227 e. The van der Waals surface area contributed by atoms with Crippen molar-refractivity contribution >= 4 is 5.78 Å². The maximum atomic E-state index is 10.9. The fourth-order valence-electron chi connectivity index (χ4n) is 1.67. The van der Waals surface area contributed by atoms with Gasteiger partial charge in [0.1, 0.15) is 11.5 Å². The molecule has 19 heavy (non-hydrogen) atoms.